The van der Waals surface area contributed by atoms with Crippen molar-refractivity contribution in [3.63, 3.8) is 0 Å². The zero-order valence-corrected chi connectivity index (χ0v) is 21.5. The van der Waals surface area contributed by atoms with Crippen molar-refractivity contribution < 1.29 is 22.9 Å². The van der Waals surface area contributed by atoms with E-state index in [2.05, 4.69) is 10.2 Å². The lowest BCUT2D eigenvalue weighted by molar-refractivity contribution is -0.384. The second kappa shape index (κ2) is 12.1. The van der Waals surface area contributed by atoms with Crippen molar-refractivity contribution in [2.24, 2.45) is 0 Å². The van der Waals surface area contributed by atoms with Gasteiger partial charge in [0, 0.05) is 47.6 Å². The van der Waals surface area contributed by atoms with Crippen molar-refractivity contribution in [3.05, 3.63) is 88.5 Å². The van der Waals surface area contributed by atoms with Crippen LogP contribution in [0.2, 0.25) is 0 Å². The van der Waals surface area contributed by atoms with E-state index in [9.17, 15) is 23.3 Å². The van der Waals surface area contributed by atoms with Crippen LogP contribution in [0.3, 0.4) is 0 Å². The molecule has 0 aromatic heterocycles. The van der Waals surface area contributed by atoms with Crippen LogP contribution in [-0.2, 0) is 14.8 Å². The Hall–Kier alpha value is -3.61. The van der Waals surface area contributed by atoms with Crippen LogP contribution in [0, 0.1) is 10.1 Å². The van der Waals surface area contributed by atoms with E-state index < -0.39 is 26.5 Å². The fourth-order valence-corrected chi connectivity index (χ4v) is 5.52. The maximum atomic E-state index is 12.8. The lowest BCUT2D eigenvalue weighted by Crippen LogP contribution is -2.36. The Balaban J connectivity index is 1.40. The normalized spacial score (nSPS) is 13.7. The lowest BCUT2D eigenvalue weighted by Gasteiger charge is -2.28. The van der Waals surface area contributed by atoms with Gasteiger partial charge < -0.3 is 15.0 Å². The van der Waals surface area contributed by atoms with Gasteiger partial charge in [0.2, 0.25) is 0 Å². The smallest absolute Gasteiger partial charge is 0.293 e. The molecule has 194 valence electrons. The van der Waals surface area contributed by atoms with Crippen molar-refractivity contribution >= 4 is 44.8 Å². The molecule has 1 aliphatic rings. The molecule has 0 atom stereocenters. The third kappa shape index (κ3) is 7.00. The molecule has 0 saturated carbocycles. The Morgan fingerprint density at radius 2 is 1.73 bits per heavy atom. The average Bonchev–Trinajstić information content (AvgIpc) is 2.92. The number of ether oxygens (including phenoxy) is 1. The summed E-state index contributed by atoms with van der Waals surface area (Å²) in [5.41, 5.74) is 0.866. The van der Waals surface area contributed by atoms with E-state index in [1.165, 1.54) is 12.1 Å². The van der Waals surface area contributed by atoms with Crippen molar-refractivity contribution in [3.8, 4) is 0 Å². The summed E-state index contributed by atoms with van der Waals surface area (Å²) in [6.07, 6.45) is 0. The highest BCUT2D eigenvalue weighted by Gasteiger charge is 2.24. The predicted octanol–water partition coefficient (Wildman–Crippen LogP) is 3.75. The molecule has 1 aliphatic heterocycles. The van der Waals surface area contributed by atoms with Gasteiger partial charge in [-0.3, -0.25) is 14.9 Å². The van der Waals surface area contributed by atoms with E-state index in [0.717, 1.165) is 29.7 Å². The molecule has 10 nitrogen and oxygen atoms in total. The number of nitro benzene ring substituents is 1. The highest BCUT2D eigenvalue weighted by Crippen LogP contribution is 2.28. The maximum absolute atomic E-state index is 12.8. The topological polar surface area (TPSA) is 131 Å². The number of morpholine rings is 1. The van der Waals surface area contributed by atoms with Crippen molar-refractivity contribution in [1.29, 1.82) is 0 Å². The van der Waals surface area contributed by atoms with Crippen LogP contribution in [0.5, 0.6) is 0 Å². The number of hydrogen-bond acceptors (Lipinski definition) is 9. The maximum Gasteiger partial charge on any atom is 0.293 e. The van der Waals surface area contributed by atoms with Crippen LogP contribution >= 0.6 is 11.8 Å². The number of sulfonamides is 1. The van der Waals surface area contributed by atoms with Gasteiger partial charge in [-0.2, -0.15) is 0 Å². The van der Waals surface area contributed by atoms with E-state index in [4.69, 9.17) is 4.74 Å². The van der Waals surface area contributed by atoms with Crippen molar-refractivity contribution in [2.45, 2.75) is 9.79 Å². The number of amides is 1. The fourth-order valence-electron chi connectivity index (χ4n) is 3.74. The van der Waals surface area contributed by atoms with Crippen LogP contribution in [-0.4, -0.2) is 57.8 Å². The first kappa shape index (κ1) is 26.5. The van der Waals surface area contributed by atoms with Crippen LogP contribution in [0.4, 0.5) is 17.1 Å². The van der Waals surface area contributed by atoms with E-state index in [-0.39, 0.29) is 16.1 Å². The molecule has 1 saturated heterocycles. The van der Waals surface area contributed by atoms with Crippen molar-refractivity contribution in [2.75, 3.05) is 48.8 Å². The molecule has 1 heterocycles. The summed E-state index contributed by atoms with van der Waals surface area (Å²) in [6, 6.07) is 19.8. The Morgan fingerprint density at radius 3 is 2.41 bits per heavy atom. The van der Waals surface area contributed by atoms with Gasteiger partial charge in [-0.15, -0.1) is 11.8 Å². The molecule has 3 aromatic rings. The first-order valence-corrected chi connectivity index (χ1v) is 14.0. The molecule has 1 amide bonds. The van der Waals surface area contributed by atoms with Crippen LogP contribution < -0.4 is 14.9 Å². The number of carbonyl (C=O) groups excluding carboxylic acids is 1. The fraction of sp³-hybridized carbons (Fsp3) is 0.240. The molecule has 0 unspecified atom stereocenters. The average molecular weight is 543 g/mol. The quantitative estimate of drug-likeness (QED) is 0.170. The van der Waals surface area contributed by atoms with Gasteiger partial charge in [0.25, 0.3) is 21.6 Å². The molecule has 0 aliphatic carbocycles. The molecule has 2 N–H and O–H groups in total. The third-order valence-corrected chi connectivity index (χ3v) is 7.98. The number of benzene rings is 3. The Labute approximate surface area is 219 Å². The van der Waals surface area contributed by atoms with E-state index in [0.29, 0.717) is 25.5 Å². The molecule has 4 rings (SSSR count). The van der Waals surface area contributed by atoms with Gasteiger partial charge in [0.1, 0.15) is 5.69 Å². The molecule has 3 aromatic carbocycles. The number of thioether (sulfide) groups is 1. The first-order valence-electron chi connectivity index (χ1n) is 11.5. The number of carbonyl (C=O) groups is 1. The second-order valence-corrected chi connectivity index (χ2v) is 11.0. The first-order chi connectivity index (χ1) is 17.8. The van der Waals surface area contributed by atoms with Gasteiger partial charge >= 0.3 is 0 Å². The number of nitrogens with zero attached hydrogens (tertiary/aromatic N) is 2. The minimum atomic E-state index is -4.34. The monoisotopic (exact) mass is 542 g/mol. The van der Waals surface area contributed by atoms with E-state index in [1.807, 2.05) is 35.1 Å². The third-order valence-electron chi connectivity index (χ3n) is 5.64. The van der Waals surface area contributed by atoms with Gasteiger partial charge in [-0.05, 0) is 48.5 Å². The van der Waals surface area contributed by atoms with Crippen LogP contribution in [0.15, 0.2) is 82.6 Å². The molecular weight excluding hydrogens is 516 g/mol. The number of nitro groups is 1. The molecule has 1 fully saturated rings. The Bertz CT molecular complexity index is 1350. The lowest BCUT2D eigenvalue weighted by atomic mass is 10.2. The van der Waals surface area contributed by atoms with Crippen LogP contribution in [0.25, 0.3) is 0 Å². The van der Waals surface area contributed by atoms with Gasteiger partial charge in [-0.25, -0.2) is 13.1 Å². The Morgan fingerprint density at radius 1 is 1.03 bits per heavy atom. The predicted molar refractivity (Wildman–Crippen MR) is 143 cm³/mol. The zero-order chi connectivity index (χ0) is 26.3. The number of rotatable bonds is 10. The zero-order valence-electron chi connectivity index (χ0n) is 19.8. The number of hydrogen-bond donors (Lipinski definition) is 2. The summed E-state index contributed by atoms with van der Waals surface area (Å²) in [7, 11) is -4.34. The highest BCUT2D eigenvalue weighted by atomic mass is 32.2. The molecule has 37 heavy (non-hydrogen) atoms. The second-order valence-electron chi connectivity index (χ2n) is 8.11. The minimum Gasteiger partial charge on any atom is -0.379 e. The summed E-state index contributed by atoms with van der Waals surface area (Å²) >= 11 is 1.59. The Kier molecular flexibility index (Phi) is 8.64. The van der Waals surface area contributed by atoms with Gasteiger partial charge in [-0.1, -0.05) is 18.2 Å². The molecular formula is C25H26N4O6S2. The highest BCUT2D eigenvalue weighted by molar-refractivity contribution is 7.99. The van der Waals surface area contributed by atoms with E-state index in [1.54, 1.807) is 36.0 Å². The standard InChI is InChI=1S/C25H26N4O6S2/c30-25(19-6-8-20(9-7-19)28-13-15-35-16-14-28)27-37(33,34)22-10-11-23(24(18-22)29(31)32)26-12-17-36-21-4-2-1-3-5-21/h1-11,18,26H,12-17H2,(H,27,30). The molecule has 0 spiro atoms. The summed E-state index contributed by atoms with van der Waals surface area (Å²) < 4.78 is 33.0. The van der Waals surface area contributed by atoms with Gasteiger partial charge in [0.05, 0.1) is 23.0 Å². The van der Waals surface area contributed by atoms with Gasteiger partial charge in [0.15, 0.2) is 0 Å². The molecule has 12 heteroatoms. The molecule has 0 radical (unpaired) electrons. The summed E-state index contributed by atoms with van der Waals surface area (Å²) in [5.74, 6) is -0.168. The van der Waals surface area contributed by atoms with Crippen molar-refractivity contribution in [1.82, 2.24) is 4.72 Å². The summed E-state index contributed by atoms with van der Waals surface area (Å²) in [4.78, 5) is 26.4. The van der Waals surface area contributed by atoms with Crippen LogP contribution in [0.1, 0.15) is 10.4 Å². The summed E-state index contributed by atoms with van der Waals surface area (Å²) in [6.45, 7) is 3.13. The number of anilines is 2. The molecule has 0 bridgehead atoms. The number of nitrogens with one attached hydrogen (secondary N) is 2. The SMILES string of the molecule is O=C(NS(=O)(=O)c1ccc(NCCSc2ccccc2)c([N+](=O)[O-])c1)c1ccc(N2CCOCC2)cc1. The van der Waals surface area contributed by atoms with E-state index >= 15 is 0 Å². The summed E-state index contributed by atoms with van der Waals surface area (Å²) in [5, 5.41) is 14.6. The minimum absolute atomic E-state index is 0.157. The largest absolute Gasteiger partial charge is 0.379 e.